The zero-order valence-corrected chi connectivity index (χ0v) is 13.7. The Morgan fingerprint density at radius 1 is 1.17 bits per heavy atom. The van der Waals surface area contributed by atoms with Crippen molar-refractivity contribution in [3.8, 4) is 17.2 Å². The van der Waals surface area contributed by atoms with Gasteiger partial charge in [0.25, 0.3) is 5.22 Å². The first-order valence-corrected chi connectivity index (χ1v) is 8.07. The van der Waals surface area contributed by atoms with Gasteiger partial charge in [0.1, 0.15) is 11.6 Å². The maximum atomic E-state index is 12.9. The number of hydrogen-bond acceptors (Lipinski definition) is 5. The van der Waals surface area contributed by atoms with Crippen LogP contribution in [0.1, 0.15) is 5.56 Å². The van der Waals surface area contributed by atoms with Crippen molar-refractivity contribution in [2.75, 3.05) is 7.11 Å². The maximum absolute atomic E-state index is 12.9. The third-order valence-electron chi connectivity index (χ3n) is 3.09. The first-order chi connectivity index (χ1) is 11.2. The molecule has 0 bridgehead atoms. The number of rotatable bonds is 5. The minimum atomic E-state index is -0.309. The first-order valence-electron chi connectivity index (χ1n) is 6.70. The summed E-state index contributed by atoms with van der Waals surface area (Å²) >= 11 is 7.38. The van der Waals surface area contributed by atoms with E-state index in [1.807, 2.05) is 12.1 Å². The Morgan fingerprint density at radius 3 is 2.70 bits per heavy atom. The average molecular weight is 351 g/mol. The van der Waals surface area contributed by atoms with Crippen LogP contribution in [0.15, 0.2) is 52.1 Å². The number of methoxy groups -OCH3 is 1. The Morgan fingerprint density at radius 2 is 1.96 bits per heavy atom. The van der Waals surface area contributed by atoms with Crippen LogP contribution in [-0.2, 0) is 5.75 Å². The molecule has 23 heavy (non-hydrogen) atoms. The highest BCUT2D eigenvalue weighted by atomic mass is 35.5. The number of ether oxygens (including phenoxy) is 1. The molecule has 0 aliphatic rings. The van der Waals surface area contributed by atoms with Gasteiger partial charge in [-0.2, -0.15) is 0 Å². The van der Waals surface area contributed by atoms with Gasteiger partial charge in [-0.25, -0.2) is 4.39 Å². The fraction of sp³-hybridized carbons (Fsp3) is 0.125. The normalized spacial score (nSPS) is 10.7. The number of hydrogen-bond donors (Lipinski definition) is 0. The van der Waals surface area contributed by atoms with Gasteiger partial charge in [-0.15, -0.1) is 10.2 Å². The van der Waals surface area contributed by atoms with Gasteiger partial charge in [0.2, 0.25) is 5.89 Å². The molecular formula is C16H12ClFN2O2S. The summed E-state index contributed by atoms with van der Waals surface area (Å²) in [4.78, 5) is 0. The summed E-state index contributed by atoms with van der Waals surface area (Å²) in [6.07, 6.45) is 0. The van der Waals surface area contributed by atoms with Crippen molar-refractivity contribution in [3.05, 3.63) is 58.9 Å². The molecule has 0 aliphatic carbocycles. The Bertz CT molecular complexity index is 808. The third-order valence-corrected chi connectivity index (χ3v) is 4.19. The van der Waals surface area contributed by atoms with Crippen LogP contribution in [-0.4, -0.2) is 17.3 Å². The quantitative estimate of drug-likeness (QED) is 0.617. The van der Waals surface area contributed by atoms with Crippen LogP contribution in [0.4, 0.5) is 4.39 Å². The van der Waals surface area contributed by atoms with Gasteiger partial charge in [-0.1, -0.05) is 23.4 Å². The number of nitrogens with zero attached hydrogens (tertiary/aromatic N) is 2. The Hall–Kier alpha value is -2.05. The summed E-state index contributed by atoms with van der Waals surface area (Å²) < 4.78 is 23.8. The van der Waals surface area contributed by atoms with E-state index in [4.69, 9.17) is 20.8 Å². The molecule has 2 aromatic carbocycles. The van der Waals surface area contributed by atoms with E-state index in [9.17, 15) is 4.39 Å². The highest BCUT2D eigenvalue weighted by Crippen LogP contribution is 2.30. The molecule has 4 nitrogen and oxygen atoms in total. The van der Waals surface area contributed by atoms with Gasteiger partial charge in [0.05, 0.1) is 7.11 Å². The van der Waals surface area contributed by atoms with Crippen molar-refractivity contribution in [1.82, 2.24) is 10.2 Å². The molecule has 1 heterocycles. The monoisotopic (exact) mass is 350 g/mol. The lowest BCUT2D eigenvalue weighted by Crippen LogP contribution is -1.90. The molecule has 0 N–H and O–H groups in total. The number of halogens is 2. The second-order valence-corrected chi connectivity index (χ2v) is 5.99. The van der Waals surface area contributed by atoms with E-state index in [-0.39, 0.29) is 5.82 Å². The van der Waals surface area contributed by atoms with Crippen LogP contribution in [0.25, 0.3) is 11.5 Å². The van der Waals surface area contributed by atoms with Crippen molar-refractivity contribution < 1.29 is 13.5 Å². The molecule has 118 valence electrons. The highest BCUT2D eigenvalue weighted by Gasteiger charge is 2.11. The van der Waals surface area contributed by atoms with Crippen molar-refractivity contribution in [2.24, 2.45) is 0 Å². The molecule has 0 aliphatic heterocycles. The van der Waals surface area contributed by atoms with Gasteiger partial charge in [0.15, 0.2) is 0 Å². The Labute approximate surface area is 141 Å². The Kier molecular flexibility index (Phi) is 4.83. The molecule has 0 saturated heterocycles. The van der Waals surface area contributed by atoms with Crippen LogP contribution in [0, 0.1) is 5.82 Å². The van der Waals surface area contributed by atoms with E-state index in [1.54, 1.807) is 25.3 Å². The predicted octanol–water partition coefficient (Wildman–Crippen LogP) is 4.83. The molecule has 3 aromatic rings. The number of aromatic nitrogens is 2. The molecule has 1 aromatic heterocycles. The minimum absolute atomic E-state index is 0.309. The lowest BCUT2D eigenvalue weighted by atomic mass is 10.2. The van der Waals surface area contributed by atoms with Crippen LogP contribution in [0.3, 0.4) is 0 Å². The fourth-order valence-corrected chi connectivity index (χ4v) is 2.91. The molecule has 0 unspecified atom stereocenters. The zero-order chi connectivity index (χ0) is 16.2. The second kappa shape index (κ2) is 7.02. The van der Waals surface area contributed by atoms with E-state index in [1.165, 1.54) is 23.9 Å². The fourth-order valence-electron chi connectivity index (χ4n) is 1.98. The van der Waals surface area contributed by atoms with E-state index in [2.05, 4.69) is 10.2 Å². The first kappa shape index (κ1) is 15.8. The summed E-state index contributed by atoms with van der Waals surface area (Å²) in [5.41, 5.74) is 1.61. The number of benzene rings is 2. The van der Waals surface area contributed by atoms with Gasteiger partial charge < -0.3 is 9.15 Å². The van der Waals surface area contributed by atoms with Gasteiger partial charge >= 0.3 is 0 Å². The second-order valence-electron chi connectivity index (χ2n) is 4.62. The third kappa shape index (κ3) is 3.83. The van der Waals surface area contributed by atoms with E-state index in [0.717, 1.165) is 11.3 Å². The van der Waals surface area contributed by atoms with Crippen LogP contribution >= 0.6 is 23.4 Å². The average Bonchev–Trinajstić information content (AvgIpc) is 3.03. The molecular weight excluding hydrogens is 339 g/mol. The minimum Gasteiger partial charge on any atom is -0.496 e. The maximum Gasteiger partial charge on any atom is 0.277 e. The van der Waals surface area contributed by atoms with Crippen LogP contribution in [0.2, 0.25) is 5.02 Å². The van der Waals surface area contributed by atoms with Crippen molar-refractivity contribution in [2.45, 2.75) is 11.0 Å². The van der Waals surface area contributed by atoms with E-state index in [0.29, 0.717) is 27.5 Å². The standard InChI is InChI=1S/C16H12ClFN2O2S/c1-21-14-7-4-12(17)8-11(14)9-23-16-20-19-15(22-16)10-2-5-13(18)6-3-10/h2-8H,9H2,1H3. The highest BCUT2D eigenvalue weighted by molar-refractivity contribution is 7.98. The smallest absolute Gasteiger partial charge is 0.277 e. The Balaban J connectivity index is 1.72. The van der Waals surface area contributed by atoms with E-state index < -0.39 is 0 Å². The topological polar surface area (TPSA) is 48.2 Å². The summed E-state index contributed by atoms with van der Waals surface area (Å²) in [7, 11) is 1.61. The summed E-state index contributed by atoms with van der Waals surface area (Å²) in [6.45, 7) is 0. The molecule has 0 fully saturated rings. The van der Waals surface area contributed by atoms with Crippen LogP contribution in [0.5, 0.6) is 5.75 Å². The van der Waals surface area contributed by atoms with Gasteiger partial charge in [-0.3, -0.25) is 0 Å². The van der Waals surface area contributed by atoms with Crippen molar-refractivity contribution in [3.63, 3.8) is 0 Å². The SMILES string of the molecule is COc1ccc(Cl)cc1CSc1nnc(-c2ccc(F)cc2)o1. The van der Waals surface area contributed by atoms with Crippen molar-refractivity contribution >= 4 is 23.4 Å². The van der Waals surface area contributed by atoms with Crippen LogP contribution < -0.4 is 4.74 Å². The zero-order valence-electron chi connectivity index (χ0n) is 12.1. The van der Waals surface area contributed by atoms with Gasteiger partial charge in [-0.05, 0) is 42.5 Å². The molecule has 0 amide bonds. The summed E-state index contributed by atoms with van der Waals surface area (Å²) in [6, 6.07) is 11.3. The lowest BCUT2D eigenvalue weighted by molar-refractivity contribution is 0.411. The predicted molar refractivity (Wildman–Crippen MR) is 87.3 cm³/mol. The lowest BCUT2D eigenvalue weighted by Gasteiger charge is -2.07. The molecule has 0 radical (unpaired) electrons. The summed E-state index contributed by atoms with van der Waals surface area (Å²) in [5, 5.41) is 9.02. The largest absolute Gasteiger partial charge is 0.496 e. The number of thioether (sulfide) groups is 1. The molecule has 0 spiro atoms. The molecule has 0 saturated carbocycles. The molecule has 0 atom stereocenters. The van der Waals surface area contributed by atoms with Crippen molar-refractivity contribution in [1.29, 1.82) is 0 Å². The molecule has 7 heteroatoms. The van der Waals surface area contributed by atoms with Gasteiger partial charge in [0, 0.05) is 21.9 Å². The summed E-state index contributed by atoms with van der Waals surface area (Å²) in [5.74, 6) is 1.37. The van der Waals surface area contributed by atoms with E-state index >= 15 is 0 Å². The molecule has 3 rings (SSSR count).